The maximum absolute atomic E-state index is 13.5. The third-order valence-corrected chi connectivity index (χ3v) is 10.0. The minimum absolute atomic E-state index is 0.143. The molecule has 7 rings (SSSR count). The zero-order valence-electron chi connectivity index (χ0n) is 31.0. The molecular weight excluding hydrogens is 700 g/mol. The van der Waals surface area contributed by atoms with Crippen LogP contribution >= 0.6 is 0 Å². The first kappa shape index (κ1) is 36.4. The molecule has 2 fully saturated rings. The van der Waals surface area contributed by atoms with Crippen molar-refractivity contribution in [1.82, 2.24) is 50.3 Å². The number of ether oxygens (including phenoxy) is 2. The van der Waals surface area contributed by atoms with E-state index in [2.05, 4.69) is 40.5 Å². The quantitative estimate of drug-likeness (QED) is 0.151. The van der Waals surface area contributed by atoms with E-state index in [4.69, 9.17) is 18.3 Å². The second-order valence-electron chi connectivity index (χ2n) is 14.3. The fourth-order valence-corrected chi connectivity index (χ4v) is 7.20. The molecule has 4 amide bonds. The number of rotatable bonds is 10. The lowest BCUT2D eigenvalue weighted by Crippen LogP contribution is -2.51. The van der Waals surface area contributed by atoms with Crippen LogP contribution in [0.15, 0.2) is 33.4 Å². The first-order chi connectivity index (χ1) is 25.9. The number of furan rings is 2. The highest BCUT2D eigenvalue weighted by atomic mass is 16.5. The summed E-state index contributed by atoms with van der Waals surface area (Å²) in [6.45, 7) is 8.57. The molecule has 0 radical (unpaired) electrons. The van der Waals surface area contributed by atoms with E-state index in [1.54, 1.807) is 34.3 Å². The third kappa shape index (κ3) is 6.94. The molecule has 0 saturated carbocycles. The molecule has 5 aromatic rings. The van der Waals surface area contributed by atoms with E-state index in [9.17, 15) is 19.2 Å². The summed E-state index contributed by atoms with van der Waals surface area (Å²) in [7, 11) is 2.54. The second kappa shape index (κ2) is 14.8. The summed E-state index contributed by atoms with van der Waals surface area (Å²) in [5.74, 6) is 1.48. The number of alkyl carbamates (subject to hydrolysis) is 2. The van der Waals surface area contributed by atoms with E-state index in [1.807, 2.05) is 27.7 Å². The average molecular weight is 745 g/mol. The Hall–Kier alpha value is -5.94. The molecular formula is C36H44N10O8. The Morgan fingerprint density at radius 3 is 1.50 bits per heavy atom. The van der Waals surface area contributed by atoms with Crippen molar-refractivity contribution in [1.29, 1.82) is 0 Å². The largest absolute Gasteiger partial charge is 0.453 e. The van der Waals surface area contributed by atoms with E-state index < -0.39 is 24.3 Å². The summed E-state index contributed by atoms with van der Waals surface area (Å²) >= 11 is 0. The fourth-order valence-electron chi connectivity index (χ4n) is 7.20. The number of nitrogens with one attached hydrogen (secondary N) is 4. The number of aromatic amines is 2. The molecule has 18 nitrogen and oxygen atoms in total. The Balaban J connectivity index is 1.07. The maximum Gasteiger partial charge on any atom is 0.407 e. The van der Waals surface area contributed by atoms with Crippen molar-refractivity contribution in [3.05, 3.63) is 36.2 Å². The van der Waals surface area contributed by atoms with Gasteiger partial charge >= 0.3 is 12.2 Å². The number of fused-ring (bicyclic) bond motifs is 2. The molecule has 0 bridgehead atoms. The van der Waals surface area contributed by atoms with Gasteiger partial charge in [0.25, 0.3) is 0 Å². The minimum Gasteiger partial charge on any atom is -0.453 e. The van der Waals surface area contributed by atoms with Crippen LogP contribution in [0, 0.1) is 11.8 Å². The summed E-state index contributed by atoms with van der Waals surface area (Å²) in [4.78, 5) is 79.5. The van der Waals surface area contributed by atoms with Gasteiger partial charge in [0.2, 0.25) is 23.2 Å². The summed E-state index contributed by atoms with van der Waals surface area (Å²) in [6, 6.07) is 1.43. The Kier molecular flexibility index (Phi) is 10.00. The standard InChI is InChI=1S/C36H44N10O8/c1-17(2)27(43-35(49)51-5)33(47)45-11-7-9-23(45)29-37-15-21(39-29)25-13-19-31(53-25)42-20-14-26(54-32(20)41-19)22-16-38-30(40-22)24-10-8-12-46(24)34(48)28(18(3)4)44-36(50)52-6/h13-18,23-24,27-28H,7-12H2,1-6H3,(H,37,39)(H,38,40)(H,43,49)(H,44,50)/t23-,24-,27-,28-/m0/s1. The molecule has 286 valence electrons. The van der Waals surface area contributed by atoms with Crippen molar-refractivity contribution >= 4 is 46.5 Å². The zero-order valence-corrected chi connectivity index (χ0v) is 31.0. The SMILES string of the molecule is COC(=O)N[C@H](C(=O)N1CCC[C@H]1c1ncc(-c2cc3nc4oc(-c5cnc([C@@H]6CCCN6C(=O)[C@@H](NC(=O)OC)C(C)C)[nH]5)cc4nc3o2)[nH]1)C(C)C. The van der Waals surface area contributed by atoms with Crippen LogP contribution in [-0.2, 0) is 19.1 Å². The van der Waals surface area contributed by atoms with Crippen molar-refractivity contribution in [3.63, 3.8) is 0 Å². The van der Waals surface area contributed by atoms with Crippen molar-refractivity contribution < 1.29 is 37.5 Å². The lowest BCUT2D eigenvalue weighted by atomic mass is 10.0. The predicted molar refractivity (Wildman–Crippen MR) is 192 cm³/mol. The number of aromatic nitrogens is 6. The number of methoxy groups -OCH3 is 2. The van der Waals surface area contributed by atoms with E-state index in [0.717, 1.165) is 12.8 Å². The summed E-state index contributed by atoms with van der Waals surface area (Å²) in [5.41, 5.74) is 2.76. The monoisotopic (exact) mass is 744 g/mol. The van der Waals surface area contributed by atoms with Crippen LogP contribution in [0.1, 0.15) is 77.1 Å². The topological polar surface area (TPSA) is 227 Å². The van der Waals surface area contributed by atoms with E-state index in [1.165, 1.54) is 14.2 Å². The molecule has 0 unspecified atom stereocenters. The number of nitrogens with zero attached hydrogens (tertiary/aromatic N) is 6. The van der Waals surface area contributed by atoms with Gasteiger partial charge < -0.3 is 48.7 Å². The van der Waals surface area contributed by atoms with Crippen molar-refractivity contribution in [2.24, 2.45) is 11.8 Å². The van der Waals surface area contributed by atoms with Crippen LogP contribution in [-0.4, -0.2) is 103 Å². The van der Waals surface area contributed by atoms with Gasteiger partial charge in [0.15, 0.2) is 11.5 Å². The molecule has 4 atom stereocenters. The first-order valence-electron chi connectivity index (χ1n) is 18.1. The Morgan fingerprint density at radius 2 is 1.13 bits per heavy atom. The Morgan fingerprint density at radius 1 is 0.722 bits per heavy atom. The van der Waals surface area contributed by atoms with Gasteiger partial charge in [0.1, 0.15) is 46.2 Å². The number of hydrogen-bond acceptors (Lipinski definition) is 12. The molecule has 2 saturated heterocycles. The van der Waals surface area contributed by atoms with Gasteiger partial charge in [-0.2, -0.15) is 0 Å². The highest BCUT2D eigenvalue weighted by molar-refractivity contribution is 5.88. The van der Waals surface area contributed by atoms with Crippen LogP contribution in [0.5, 0.6) is 0 Å². The number of carbonyl (C=O) groups excluding carboxylic acids is 4. The van der Waals surface area contributed by atoms with E-state index in [-0.39, 0.29) is 35.7 Å². The maximum atomic E-state index is 13.5. The summed E-state index contributed by atoms with van der Waals surface area (Å²) < 4.78 is 21.7. The van der Waals surface area contributed by atoms with Crippen LogP contribution in [0.2, 0.25) is 0 Å². The van der Waals surface area contributed by atoms with E-state index in [0.29, 0.717) is 82.9 Å². The fraction of sp³-hybridized carbons (Fsp3) is 0.500. The molecule has 7 heterocycles. The Labute approximate surface area is 309 Å². The number of carbonyl (C=O) groups is 4. The van der Waals surface area contributed by atoms with Gasteiger partial charge in [0.05, 0.1) is 38.7 Å². The molecule has 54 heavy (non-hydrogen) atoms. The van der Waals surface area contributed by atoms with Crippen molar-refractivity contribution in [2.75, 3.05) is 27.3 Å². The first-order valence-corrected chi connectivity index (χ1v) is 18.1. The zero-order chi connectivity index (χ0) is 38.3. The molecule has 2 aliphatic heterocycles. The second-order valence-corrected chi connectivity index (χ2v) is 14.3. The van der Waals surface area contributed by atoms with Gasteiger partial charge in [-0.3, -0.25) is 9.59 Å². The molecule has 0 aromatic carbocycles. The van der Waals surface area contributed by atoms with Crippen LogP contribution in [0.3, 0.4) is 0 Å². The number of imidazole rings is 2. The van der Waals surface area contributed by atoms with Gasteiger partial charge in [0, 0.05) is 25.2 Å². The van der Waals surface area contributed by atoms with Crippen molar-refractivity contribution in [2.45, 2.75) is 77.5 Å². The van der Waals surface area contributed by atoms with Crippen LogP contribution in [0.4, 0.5) is 9.59 Å². The summed E-state index contributed by atoms with van der Waals surface area (Å²) in [6.07, 6.45) is 5.00. The van der Waals surface area contributed by atoms with E-state index >= 15 is 0 Å². The van der Waals surface area contributed by atoms with Gasteiger partial charge in [-0.25, -0.2) is 29.5 Å². The normalized spacial score (nSPS) is 18.5. The number of amides is 4. The molecule has 0 spiro atoms. The van der Waals surface area contributed by atoms with Gasteiger partial charge in [-0.15, -0.1) is 0 Å². The number of hydrogen-bond donors (Lipinski definition) is 4. The van der Waals surface area contributed by atoms with Crippen LogP contribution in [0.25, 0.3) is 45.4 Å². The Bertz CT molecular complexity index is 1980. The molecule has 4 N–H and O–H groups in total. The number of H-pyrrole nitrogens is 2. The molecule has 0 aliphatic carbocycles. The lowest BCUT2D eigenvalue weighted by molar-refractivity contribution is -0.136. The predicted octanol–water partition coefficient (Wildman–Crippen LogP) is 4.84. The molecule has 18 heteroatoms. The average Bonchev–Trinajstić information content (AvgIpc) is 4.00. The van der Waals surface area contributed by atoms with Gasteiger partial charge in [-0.1, -0.05) is 27.7 Å². The third-order valence-electron chi connectivity index (χ3n) is 10.0. The summed E-state index contributed by atoms with van der Waals surface area (Å²) in [5, 5.41) is 5.33. The highest BCUT2D eigenvalue weighted by Gasteiger charge is 2.39. The van der Waals surface area contributed by atoms with Crippen molar-refractivity contribution in [3.8, 4) is 22.9 Å². The minimum atomic E-state index is -0.733. The highest BCUT2D eigenvalue weighted by Crippen LogP contribution is 2.36. The molecule has 2 aliphatic rings. The van der Waals surface area contributed by atoms with Crippen LogP contribution < -0.4 is 10.6 Å². The lowest BCUT2D eigenvalue weighted by Gasteiger charge is -2.29. The molecule has 5 aromatic heterocycles. The number of likely N-dealkylation sites (tertiary alicyclic amines) is 2. The van der Waals surface area contributed by atoms with Gasteiger partial charge in [-0.05, 0) is 37.5 Å². The smallest absolute Gasteiger partial charge is 0.407 e.